The largest absolute Gasteiger partial charge is 0.325 e. The number of hydrogen-bond acceptors (Lipinski definition) is 2. The summed E-state index contributed by atoms with van der Waals surface area (Å²) in [6.45, 7) is 8.15. The van der Waals surface area contributed by atoms with Crippen LogP contribution in [0, 0.1) is 5.92 Å². The molecule has 0 unspecified atom stereocenters. The third-order valence-electron chi connectivity index (χ3n) is 1.89. The summed E-state index contributed by atoms with van der Waals surface area (Å²) in [6, 6.07) is 0. The smallest absolute Gasteiger partial charge is 0.134 e. The van der Waals surface area contributed by atoms with Crippen LogP contribution in [0.15, 0.2) is 0 Å². The Morgan fingerprint density at radius 2 is 1.92 bits per heavy atom. The molecule has 0 atom stereocenters. The van der Waals surface area contributed by atoms with E-state index in [1.54, 1.807) is 0 Å². The minimum atomic E-state index is -0.338. The van der Waals surface area contributed by atoms with E-state index in [1.807, 2.05) is 13.8 Å². The molecule has 0 saturated carbocycles. The summed E-state index contributed by atoms with van der Waals surface area (Å²) in [4.78, 5) is 11.4. The van der Waals surface area contributed by atoms with E-state index < -0.39 is 0 Å². The average molecular weight is 185 g/mol. The normalized spacial score (nSPS) is 12.2. The van der Waals surface area contributed by atoms with Gasteiger partial charge in [0.2, 0.25) is 0 Å². The number of Topliss-reactive ketones (excluding diaryl/α,β-unsaturated/α-hetero) is 1. The van der Waals surface area contributed by atoms with Gasteiger partial charge in [-0.1, -0.05) is 20.3 Å². The molecule has 0 radical (unpaired) electrons. The van der Waals surface area contributed by atoms with E-state index in [1.165, 1.54) is 0 Å². The van der Waals surface area contributed by atoms with Crippen molar-refractivity contribution in [1.82, 2.24) is 0 Å². The highest BCUT2D eigenvalue weighted by atomic mass is 16.1. The van der Waals surface area contributed by atoms with Gasteiger partial charge in [0.05, 0.1) is 0 Å². The van der Waals surface area contributed by atoms with Gasteiger partial charge in [-0.15, -0.1) is 0 Å². The Kier molecular flexibility index (Phi) is 5.23. The van der Waals surface area contributed by atoms with Gasteiger partial charge in [-0.2, -0.15) is 0 Å². The van der Waals surface area contributed by atoms with Crippen molar-refractivity contribution >= 4 is 5.78 Å². The van der Waals surface area contributed by atoms with Gasteiger partial charge < -0.3 is 5.73 Å². The summed E-state index contributed by atoms with van der Waals surface area (Å²) in [7, 11) is 0. The summed E-state index contributed by atoms with van der Waals surface area (Å²) in [5, 5.41) is 0. The highest BCUT2D eigenvalue weighted by molar-refractivity contribution is 5.79. The van der Waals surface area contributed by atoms with Gasteiger partial charge in [-0.25, -0.2) is 0 Å². The van der Waals surface area contributed by atoms with Crippen molar-refractivity contribution in [2.45, 2.75) is 58.9 Å². The maximum absolute atomic E-state index is 11.4. The maximum atomic E-state index is 11.4. The van der Waals surface area contributed by atoms with E-state index in [2.05, 4.69) is 13.8 Å². The highest BCUT2D eigenvalue weighted by Crippen LogP contribution is 2.11. The van der Waals surface area contributed by atoms with Crippen molar-refractivity contribution in [1.29, 1.82) is 0 Å². The van der Waals surface area contributed by atoms with Crippen LogP contribution < -0.4 is 5.73 Å². The maximum Gasteiger partial charge on any atom is 0.134 e. The number of hydrogen-bond donors (Lipinski definition) is 1. The van der Waals surface area contributed by atoms with E-state index in [0.717, 1.165) is 12.8 Å². The molecule has 0 aliphatic heterocycles. The van der Waals surface area contributed by atoms with Crippen LogP contribution in [0.5, 0.6) is 0 Å². The number of nitrogens with two attached hydrogens (primary N) is 1. The second-order valence-corrected chi connectivity index (χ2v) is 4.99. The van der Waals surface area contributed by atoms with E-state index in [-0.39, 0.29) is 5.54 Å². The molecule has 0 bridgehead atoms. The zero-order valence-corrected chi connectivity index (χ0v) is 9.39. The summed E-state index contributed by atoms with van der Waals surface area (Å²) in [6.07, 6.45) is 3.34. The first kappa shape index (κ1) is 12.6. The molecule has 2 nitrogen and oxygen atoms in total. The van der Waals surface area contributed by atoms with Crippen LogP contribution in [0.25, 0.3) is 0 Å². The second-order valence-electron chi connectivity index (χ2n) is 4.99. The van der Waals surface area contributed by atoms with Crippen molar-refractivity contribution in [2.24, 2.45) is 11.7 Å². The van der Waals surface area contributed by atoms with Crippen molar-refractivity contribution in [2.75, 3.05) is 0 Å². The molecular formula is C11H23NO. The number of carbonyl (C=O) groups is 1. The highest BCUT2D eigenvalue weighted by Gasteiger charge is 2.15. The van der Waals surface area contributed by atoms with Gasteiger partial charge in [0.15, 0.2) is 0 Å². The Morgan fingerprint density at radius 1 is 1.38 bits per heavy atom. The molecule has 0 fully saturated rings. The van der Waals surface area contributed by atoms with E-state index in [0.29, 0.717) is 24.5 Å². The van der Waals surface area contributed by atoms with E-state index in [4.69, 9.17) is 5.73 Å². The first-order chi connectivity index (χ1) is 5.81. The molecule has 0 aromatic carbocycles. The van der Waals surface area contributed by atoms with Gasteiger partial charge >= 0.3 is 0 Å². The molecule has 0 rings (SSSR count). The molecule has 0 aliphatic rings. The number of ketones is 1. The molecule has 0 heterocycles. The third kappa shape index (κ3) is 9.54. The quantitative estimate of drug-likeness (QED) is 0.691. The lowest BCUT2D eigenvalue weighted by Gasteiger charge is -2.16. The number of rotatable bonds is 6. The Morgan fingerprint density at radius 3 is 2.31 bits per heavy atom. The van der Waals surface area contributed by atoms with Crippen molar-refractivity contribution in [3.8, 4) is 0 Å². The minimum absolute atomic E-state index is 0.299. The molecule has 0 aromatic heterocycles. The summed E-state index contributed by atoms with van der Waals surface area (Å²) < 4.78 is 0. The molecule has 0 saturated heterocycles. The summed E-state index contributed by atoms with van der Waals surface area (Å²) in [5.41, 5.74) is 5.41. The van der Waals surface area contributed by atoms with E-state index in [9.17, 15) is 4.79 Å². The number of carbonyl (C=O) groups excluding carboxylic acids is 1. The fraction of sp³-hybridized carbons (Fsp3) is 0.909. The topological polar surface area (TPSA) is 43.1 Å². The average Bonchev–Trinajstić information content (AvgIpc) is 1.81. The molecule has 0 spiro atoms. The Bertz CT molecular complexity index is 156. The fourth-order valence-electron chi connectivity index (χ4n) is 1.30. The van der Waals surface area contributed by atoms with E-state index >= 15 is 0 Å². The minimum Gasteiger partial charge on any atom is -0.325 e. The first-order valence-corrected chi connectivity index (χ1v) is 5.12. The predicted octanol–water partition coefficient (Wildman–Crippen LogP) is 2.51. The van der Waals surface area contributed by atoms with Crippen LogP contribution in [-0.2, 0) is 4.79 Å². The Balaban J connectivity index is 3.53. The van der Waals surface area contributed by atoms with Gasteiger partial charge in [-0.05, 0) is 26.2 Å². The lowest BCUT2D eigenvalue weighted by molar-refractivity contribution is -0.120. The Labute approximate surface area is 81.9 Å². The van der Waals surface area contributed by atoms with Crippen molar-refractivity contribution in [3.05, 3.63) is 0 Å². The molecule has 0 aromatic rings. The molecule has 78 valence electrons. The molecular weight excluding hydrogens is 162 g/mol. The Hall–Kier alpha value is -0.370. The zero-order chi connectivity index (χ0) is 10.5. The van der Waals surface area contributed by atoms with Gasteiger partial charge in [-0.3, -0.25) is 4.79 Å². The molecule has 0 aliphatic carbocycles. The first-order valence-electron chi connectivity index (χ1n) is 5.12. The third-order valence-corrected chi connectivity index (χ3v) is 1.89. The van der Waals surface area contributed by atoms with Crippen LogP contribution in [0.1, 0.15) is 53.4 Å². The van der Waals surface area contributed by atoms with Gasteiger partial charge in [0.25, 0.3) is 0 Å². The monoisotopic (exact) mass is 185 g/mol. The lowest BCUT2D eigenvalue weighted by Crippen LogP contribution is -2.34. The molecule has 13 heavy (non-hydrogen) atoms. The summed E-state index contributed by atoms with van der Waals surface area (Å²) in [5.74, 6) is 0.992. The van der Waals surface area contributed by atoms with Crippen LogP contribution in [0.3, 0.4) is 0 Å². The van der Waals surface area contributed by atoms with Crippen LogP contribution in [0.4, 0.5) is 0 Å². The molecule has 0 amide bonds. The van der Waals surface area contributed by atoms with Crippen molar-refractivity contribution < 1.29 is 4.79 Å². The lowest BCUT2D eigenvalue weighted by atomic mass is 9.95. The van der Waals surface area contributed by atoms with Crippen molar-refractivity contribution in [3.63, 3.8) is 0 Å². The molecule has 2 N–H and O–H groups in total. The molecule has 2 heteroatoms. The standard InChI is InChI=1S/C11H23NO/c1-9(2)6-5-7-10(13)8-11(3,4)12/h9H,5-8,12H2,1-4H3. The van der Waals surface area contributed by atoms with Gasteiger partial charge in [0.1, 0.15) is 5.78 Å². The van der Waals surface area contributed by atoms with Crippen LogP contribution >= 0.6 is 0 Å². The fourth-order valence-corrected chi connectivity index (χ4v) is 1.30. The van der Waals surface area contributed by atoms with Gasteiger partial charge in [0, 0.05) is 18.4 Å². The second kappa shape index (κ2) is 5.38. The van der Waals surface area contributed by atoms with Crippen LogP contribution in [-0.4, -0.2) is 11.3 Å². The predicted molar refractivity (Wildman–Crippen MR) is 56.6 cm³/mol. The summed E-state index contributed by atoms with van der Waals surface area (Å²) >= 11 is 0. The SMILES string of the molecule is CC(C)CCCC(=O)CC(C)(C)N. The van der Waals surface area contributed by atoms with Crippen LogP contribution in [0.2, 0.25) is 0 Å². The zero-order valence-electron chi connectivity index (χ0n) is 9.39.